The fourth-order valence-corrected chi connectivity index (χ4v) is 4.22. The topological polar surface area (TPSA) is 55.3 Å². The lowest BCUT2D eigenvalue weighted by molar-refractivity contribution is -0.131. The van der Waals surface area contributed by atoms with Crippen LogP contribution in [0.3, 0.4) is 0 Å². The standard InChI is InChI=1S/C20H27N3O2/c1-13(2)19-21-9-7-16(22-19)17-11-15-8-10-23(12-18(15)25-17)20(24)14-5-3-4-6-14/h5,7,9,13,15,17-18H,3-4,6,8,10-12H2,1-2H3/t15-,17-,18+/m0/s1. The summed E-state index contributed by atoms with van der Waals surface area (Å²) < 4.78 is 6.33. The molecule has 2 saturated heterocycles. The number of hydrogen-bond donors (Lipinski definition) is 0. The second-order valence-corrected chi connectivity index (χ2v) is 7.81. The molecule has 3 atom stereocenters. The summed E-state index contributed by atoms with van der Waals surface area (Å²) in [6.45, 7) is 5.79. The monoisotopic (exact) mass is 341 g/mol. The van der Waals surface area contributed by atoms with E-state index in [9.17, 15) is 4.79 Å². The van der Waals surface area contributed by atoms with Gasteiger partial charge in [-0.2, -0.15) is 0 Å². The lowest BCUT2D eigenvalue weighted by Crippen LogP contribution is -2.45. The molecule has 5 nitrogen and oxygen atoms in total. The van der Waals surface area contributed by atoms with Gasteiger partial charge < -0.3 is 9.64 Å². The van der Waals surface area contributed by atoms with Crippen LogP contribution in [0.5, 0.6) is 0 Å². The van der Waals surface area contributed by atoms with Crippen molar-refractivity contribution in [2.75, 3.05) is 13.1 Å². The van der Waals surface area contributed by atoms with Crippen LogP contribution in [0.1, 0.15) is 69.5 Å². The normalized spacial score (nSPS) is 29.0. The third-order valence-corrected chi connectivity index (χ3v) is 5.70. The zero-order valence-corrected chi connectivity index (χ0v) is 15.1. The van der Waals surface area contributed by atoms with Crippen LogP contribution in [0.2, 0.25) is 0 Å². The number of amides is 1. The molecule has 0 spiro atoms. The molecule has 2 aliphatic heterocycles. The molecule has 2 fully saturated rings. The molecule has 134 valence electrons. The number of aromatic nitrogens is 2. The van der Waals surface area contributed by atoms with Crippen molar-refractivity contribution in [3.05, 3.63) is 35.4 Å². The van der Waals surface area contributed by atoms with Gasteiger partial charge in [-0.05, 0) is 44.1 Å². The molecule has 0 unspecified atom stereocenters. The number of fused-ring (bicyclic) bond motifs is 1. The minimum absolute atomic E-state index is 0.0382. The Morgan fingerprint density at radius 3 is 3.04 bits per heavy atom. The lowest BCUT2D eigenvalue weighted by atomic mass is 9.91. The van der Waals surface area contributed by atoms with Crippen LogP contribution in [0.15, 0.2) is 23.9 Å². The molecule has 3 aliphatic rings. The molecule has 1 aromatic rings. The molecule has 0 aromatic carbocycles. The van der Waals surface area contributed by atoms with E-state index in [2.05, 4.69) is 24.9 Å². The van der Waals surface area contributed by atoms with E-state index >= 15 is 0 Å². The first-order valence-corrected chi connectivity index (χ1v) is 9.58. The maximum atomic E-state index is 12.6. The lowest BCUT2D eigenvalue weighted by Gasteiger charge is -2.34. The van der Waals surface area contributed by atoms with Gasteiger partial charge in [0.2, 0.25) is 5.91 Å². The number of hydrogen-bond acceptors (Lipinski definition) is 4. The van der Waals surface area contributed by atoms with E-state index in [1.54, 1.807) is 0 Å². The highest BCUT2D eigenvalue weighted by molar-refractivity contribution is 5.93. The largest absolute Gasteiger partial charge is 0.367 e. The van der Waals surface area contributed by atoms with Gasteiger partial charge in [-0.25, -0.2) is 9.97 Å². The Morgan fingerprint density at radius 1 is 1.40 bits per heavy atom. The summed E-state index contributed by atoms with van der Waals surface area (Å²) in [5, 5.41) is 0. The summed E-state index contributed by atoms with van der Waals surface area (Å²) in [7, 11) is 0. The number of carbonyl (C=O) groups excluding carboxylic acids is 1. The third-order valence-electron chi connectivity index (χ3n) is 5.70. The van der Waals surface area contributed by atoms with Gasteiger partial charge in [-0.15, -0.1) is 0 Å². The van der Waals surface area contributed by atoms with Gasteiger partial charge in [0.25, 0.3) is 0 Å². The summed E-state index contributed by atoms with van der Waals surface area (Å²) in [6, 6.07) is 1.97. The summed E-state index contributed by atoms with van der Waals surface area (Å²) >= 11 is 0. The van der Waals surface area contributed by atoms with Gasteiger partial charge >= 0.3 is 0 Å². The Morgan fingerprint density at radius 2 is 2.28 bits per heavy atom. The maximum absolute atomic E-state index is 12.6. The number of carbonyl (C=O) groups is 1. The van der Waals surface area contributed by atoms with Crippen LogP contribution in [0, 0.1) is 5.92 Å². The molecule has 4 rings (SSSR count). The molecule has 1 amide bonds. The highest BCUT2D eigenvalue weighted by Crippen LogP contribution is 2.40. The Balaban J connectivity index is 1.43. The van der Waals surface area contributed by atoms with Crippen LogP contribution in [-0.2, 0) is 9.53 Å². The zero-order valence-electron chi connectivity index (χ0n) is 15.1. The van der Waals surface area contributed by atoms with Crippen LogP contribution in [0.4, 0.5) is 0 Å². The predicted octanol–water partition coefficient (Wildman–Crippen LogP) is 3.39. The van der Waals surface area contributed by atoms with Crippen LogP contribution in [0.25, 0.3) is 0 Å². The van der Waals surface area contributed by atoms with Gasteiger partial charge in [0, 0.05) is 30.8 Å². The van der Waals surface area contributed by atoms with Crippen molar-refractivity contribution in [1.82, 2.24) is 14.9 Å². The Bertz CT molecular complexity index is 685. The first-order chi connectivity index (χ1) is 12.1. The molecule has 25 heavy (non-hydrogen) atoms. The van der Waals surface area contributed by atoms with E-state index < -0.39 is 0 Å². The number of rotatable bonds is 3. The van der Waals surface area contributed by atoms with Crippen LogP contribution >= 0.6 is 0 Å². The van der Waals surface area contributed by atoms with E-state index in [0.717, 1.165) is 62.3 Å². The SMILES string of the molecule is CC(C)c1nccc([C@@H]2C[C@@H]3CCN(C(=O)C4=CCCC4)C[C@H]3O2)n1. The Labute approximate surface area is 149 Å². The van der Waals surface area contributed by atoms with Gasteiger partial charge in [-0.3, -0.25) is 4.79 Å². The predicted molar refractivity (Wildman–Crippen MR) is 95.0 cm³/mol. The molecule has 3 heterocycles. The maximum Gasteiger partial charge on any atom is 0.249 e. The van der Waals surface area contributed by atoms with Gasteiger partial charge in [0.05, 0.1) is 11.8 Å². The minimum Gasteiger partial charge on any atom is -0.367 e. The van der Waals surface area contributed by atoms with E-state index in [1.165, 1.54) is 0 Å². The fraction of sp³-hybridized carbons (Fsp3) is 0.650. The molecular formula is C20H27N3O2. The van der Waals surface area contributed by atoms with E-state index in [4.69, 9.17) is 9.72 Å². The summed E-state index contributed by atoms with van der Waals surface area (Å²) in [5.41, 5.74) is 2.00. The molecule has 5 heteroatoms. The highest BCUT2D eigenvalue weighted by Gasteiger charge is 2.41. The molecule has 0 bridgehead atoms. The summed E-state index contributed by atoms with van der Waals surface area (Å²) in [5.74, 6) is 1.95. The number of allylic oxidation sites excluding steroid dienone is 1. The summed E-state index contributed by atoms with van der Waals surface area (Å²) in [4.78, 5) is 23.7. The number of piperidine rings is 1. The third kappa shape index (κ3) is 3.34. The Hall–Kier alpha value is -1.75. The van der Waals surface area contributed by atoms with E-state index in [1.807, 2.05) is 17.2 Å². The molecule has 0 saturated carbocycles. The Kier molecular flexibility index (Phi) is 4.59. The van der Waals surface area contributed by atoms with Crippen molar-refractivity contribution < 1.29 is 9.53 Å². The number of ether oxygens (including phenoxy) is 1. The minimum atomic E-state index is 0.0382. The van der Waals surface area contributed by atoms with Crippen LogP contribution in [-0.4, -0.2) is 40.0 Å². The smallest absolute Gasteiger partial charge is 0.249 e. The fourth-order valence-electron chi connectivity index (χ4n) is 4.22. The van der Waals surface area contributed by atoms with Crippen molar-refractivity contribution in [3.63, 3.8) is 0 Å². The molecule has 1 aliphatic carbocycles. The average molecular weight is 341 g/mol. The van der Waals surface area contributed by atoms with Crippen molar-refractivity contribution in [3.8, 4) is 0 Å². The van der Waals surface area contributed by atoms with Crippen molar-refractivity contribution >= 4 is 5.91 Å². The first kappa shape index (κ1) is 16.7. The summed E-state index contributed by atoms with van der Waals surface area (Å²) in [6.07, 6.45) is 9.26. The second-order valence-electron chi connectivity index (χ2n) is 7.81. The number of likely N-dealkylation sites (tertiary alicyclic amines) is 1. The van der Waals surface area contributed by atoms with Crippen molar-refractivity contribution in [2.45, 2.75) is 64.1 Å². The van der Waals surface area contributed by atoms with Crippen molar-refractivity contribution in [2.24, 2.45) is 5.92 Å². The average Bonchev–Trinajstić information content (AvgIpc) is 3.30. The van der Waals surface area contributed by atoms with E-state index in [0.29, 0.717) is 11.8 Å². The van der Waals surface area contributed by atoms with Gasteiger partial charge in [0.1, 0.15) is 11.9 Å². The molecular weight excluding hydrogens is 314 g/mol. The highest BCUT2D eigenvalue weighted by atomic mass is 16.5. The molecule has 0 N–H and O–H groups in total. The second kappa shape index (κ2) is 6.87. The zero-order chi connectivity index (χ0) is 17.4. The number of nitrogens with zero attached hydrogens (tertiary/aromatic N) is 3. The molecule has 1 aromatic heterocycles. The van der Waals surface area contributed by atoms with Gasteiger partial charge in [-0.1, -0.05) is 19.9 Å². The first-order valence-electron chi connectivity index (χ1n) is 9.58. The quantitative estimate of drug-likeness (QED) is 0.846. The van der Waals surface area contributed by atoms with Gasteiger partial charge in [0.15, 0.2) is 0 Å². The molecule has 0 radical (unpaired) electrons. The van der Waals surface area contributed by atoms with Crippen molar-refractivity contribution in [1.29, 1.82) is 0 Å². The van der Waals surface area contributed by atoms with Crippen LogP contribution < -0.4 is 0 Å². The van der Waals surface area contributed by atoms with E-state index in [-0.39, 0.29) is 18.1 Å².